The molecule has 504 valence electrons. The van der Waals surface area contributed by atoms with E-state index in [-0.39, 0.29) is 12.4 Å². The summed E-state index contributed by atoms with van der Waals surface area (Å²) in [5, 5.41) is 2.99. The second kappa shape index (κ2) is 61.0. The van der Waals surface area contributed by atoms with Gasteiger partial charge in [-0.3, -0.25) is 0 Å². The Bertz CT molecular complexity index is 1850. The van der Waals surface area contributed by atoms with Crippen molar-refractivity contribution in [2.45, 2.75) is 232 Å². The molecule has 88 heavy (non-hydrogen) atoms. The Hall–Kier alpha value is 0.427. The van der Waals surface area contributed by atoms with E-state index in [1.165, 1.54) is 138 Å². The topological polar surface area (TPSA) is 13.0 Å². The van der Waals surface area contributed by atoms with Crippen LogP contribution in [0.5, 0.6) is 0 Å². The third kappa shape index (κ3) is 43.5. The molecule has 12 saturated heterocycles. The zero-order valence-corrected chi connectivity index (χ0v) is 71.3. The number of thioether (sulfide) groups is 3. The van der Waals surface area contributed by atoms with Crippen LogP contribution in [-0.2, 0) is 0 Å². The average Bonchev–Trinajstić information content (AvgIpc) is 3.62. The van der Waals surface area contributed by atoms with Crippen LogP contribution in [0.15, 0.2) is 141 Å². The van der Waals surface area contributed by atoms with E-state index in [1.54, 1.807) is 0 Å². The fourth-order valence-corrected chi connectivity index (χ4v) is 15.3. The van der Waals surface area contributed by atoms with Gasteiger partial charge in [0, 0.05) is 66.9 Å². The summed E-state index contributed by atoms with van der Waals surface area (Å²) in [4.78, 5) is 29.9. The first-order chi connectivity index (χ1) is 42.1. The van der Waals surface area contributed by atoms with E-state index >= 15 is 0 Å². The van der Waals surface area contributed by atoms with Crippen LogP contribution in [-0.4, -0.2) is 172 Å². The molecule has 0 spiro atoms. The van der Waals surface area contributed by atoms with E-state index in [9.17, 15) is 0 Å². The largest absolute Gasteiger partial charge is 0.302 e. The Morgan fingerprint density at radius 1 is 0.352 bits per heavy atom. The first-order valence-corrected chi connectivity index (χ1v) is 55.7. The quantitative estimate of drug-likeness (QED) is 0.111. The Labute approximate surface area is 593 Å². The van der Waals surface area contributed by atoms with Crippen LogP contribution >= 0.6 is 71.9 Å². The zero-order chi connectivity index (χ0) is 66.0. The van der Waals surface area contributed by atoms with Gasteiger partial charge in [0.15, 0.2) is 0 Å². The van der Waals surface area contributed by atoms with Gasteiger partial charge in [0.25, 0.3) is 0 Å². The normalized spacial score (nSPS) is 25.1. The molecule has 4 aromatic carbocycles. The van der Waals surface area contributed by atoms with Gasteiger partial charge in [0.2, 0.25) is 0 Å². The van der Waals surface area contributed by atoms with E-state index in [0.29, 0.717) is 5.38 Å². The second-order valence-electron chi connectivity index (χ2n) is 23.8. The maximum atomic E-state index is 6.07. The smallest absolute Gasteiger partial charge is 0.0251 e. The molecule has 0 aliphatic carbocycles. The van der Waals surface area contributed by atoms with Crippen LogP contribution in [0.1, 0.15) is 134 Å². The van der Waals surface area contributed by atoms with E-state index in [1.807, 2.05) is 113 Å². The van der Waals surface area contributed by atoms with Crippen molar-refractivity contribution in [3.63, 3.8) is 0 Å². The maximum Gasteiger partial charge on any atom is 0.0251 e. The molecule has 0 saturated carbocycles. The molecule has 12 aliphatic rings. The van der Waals surface area contributed by atoms with Crippen LogP contribution in [0.3, 0.4) is 0 Å². The van der Waals surface area contributed by atoms with Crippen molar-refractivity contribution >= 4 is 125 Å². The first kappa shape index (κ1) is 92.6. The van der Waals surface area contributed by atoms with Crippen LogP contribution in [0.25, 0.3) is 0 Å². The summed E-state index contributed by atoms with van der Waals surface area (Å²) in [6.07, 6.45) is 11.2. The second-order valence-corrected chi connectivity index (χ2v) is 45.9. The molecule has 0 amide bonds. The fourth-order valence-electron chi connectivity index (χ4n) is 10.5. The van der Waals surface area contributed by atoms with Gasteiger partial charge in [0.05, 0.1) is 0 Å². The van der Waals surface area contributed by atoms with Crippen molar-refractivity contribution in [3.05, 3.63) is 121 Å². The number of rotatable bonds is 7. The Balaban J connectivity index is -0.000000947. The predicted octanol–water partition coefficient (Wildman–Crippen LogP) is 22.8. The van der Waals surface area contributed by atoms with Gasteiger partial charge in [0.1, 0.15) is 13.2 Å². The molecular formula is C74H136B2Cl2N4S4Sn2. The molecule has 12 fully saturated rings. The summed E-state index contributed by atoms with van der Waals surface area (Å²) in [7, 11) is 0. The zero-order valence-electron chi connectivity index (χ0n) is 60.7. The predicted molar refractivity (Wildman–Crippen MR) is 425 cm³/mol. The number of fused-ring (bicyclic) bond motifs is 12. The van der Waals surface area contributed by atoms with Gasteiger partial charge in [-0.25, -0.2) is 0 Å². The van der Waals surface area contributed by atoms with Crippen molar-refractivity contribution in [1.82, 2.24) is 19.6 Å². The molecule has 4 aromatic rings. The van der Waals surface area contributed by atoms with Crippen molar-refractivity contribution < 1.29 is 0 Å². The van der Waals surface area contributed by atoms with Gasteiger partial charge >= 0.3 is 69.2 Å². The first-order valence-electron chi connectivity index (χ1n) is 35.1. The molecule has 1 unspecified atom stereocenters. The van der Waals surface area contributed by atoms with E-state index in [2.05, 4.69) is 215 Å². The third-order valence-corrected chi connectivity index (χ3v) is 20.5. The molecule has 16 rings (SSSR count). The van der Waals surface area contributed by atoms with E-state index in [0.717, 1.165) is 64.1 Å². The van der Waals surface area contributed by atoms with Crippen molar-refractivity contribution in [2.75, 3.05) is 78.5 Å². The summed E-state index contributed by atoms with van der Waals surface area (Å²) >= 11 is 15.3. The maximum absolute atomic E-state index is 6.07. The minimum absolute atomic E-state index is 0. The summed E-state index contributed by atoms with van der Waals surface area (Å²) in [6.45, 7) is 50.4. The van der Waals surface area contributed by atoms with Gasteiger partial charge in [-0.05, 0) is 176 Å². The Morgan fingerprint density at radius 3 is 0.670 bits per heavy atom. The van der Waals surface area contributed by atoms with Gasteiger partial charge < -0.3 is 19.6 Å². The van der Waals surface area contributed by atoms with Gasteiger partial charge in [-0.1, -0.05) is 183 Å². The van der Waals surface area contributed by atoms with E-state index in [4.69, 9.17) is 11.6 Å². The van der Waals surface area contributed by atoms with Crippen molar-refractivity contribution in [3.8, 4) is 0 Å². The summed E-state index contributed by atoms with van der Waals surface area (Å²) < 4.78 is 0. The van der Waals surface area contributed by atoms with Crippen molar-refractivity contribution in [2.24, 2.45) is 23.7 Å². The number of alkyl halides is 1. The number of halogens is 2. The molecule has 4 nitrogen and oxygen atoms in total. The minimum Gasteiger partial charge on any atom is -0.302 e. The summed E-state index contributed by atoms with van der Waals surface area (Å²) in [5.74, 6) is 3.76. The molecule has 2 radical (unpaired) electrons. The molecule has 12 heterocycles. The molecule has 8 bridgehead atoms. The number of benzene rings is 4. The van der Waals surface area contributed by atoms with Crippen LogP contribution < -0.4 is 0 Å². The number of thiol groups is 1. The Morgan fingerprint density at radius 2 is 0.545 bits per heavy atom. The standard InChI is InChI=1S/3C13H17NS.C7H12ClN.C6H6S.C4H12B2.6C2H6.6CH3.ClH.2Sn/c3*1-2-4-12(5-3-1)15-13-10-14-8-6-11(13)7-9-14;8-7-5-9-3-1-6(7)2-4-9;7-6-4-2-1-3-5-6;1-5(2)6(3)4;6*1-2;;;;;;;;;/h3*1-5,11,13H,6-10H2;6-7H,1-5H2;1-5,7H;1-4H3;6*1-2H3;6*1H3;1H;;/t3*13-;;;;;;;;;;;;;;;;;;/m000................../s1. The van der Waals surface area contributed by atoms with Crippen molar-refractivity contribution in [1.29, 1.82) is 0 Å². The summed E-state index contributed by atoms with van der Waals surface area (Å²) in [5.41, 5.74) is 0. The minimum atomic E-state index is -0.543. The van der Waals surface area contributed by atoms with Gasteiger partial charge in [-0.2, -0.15) is 0 Å². The monoisotopic (exact) mass is 1540 g/mol. The van der Waals surface area contributed by atoms with Crippen LogP contribution in [0.2, 0.25) is 56.9 Å². The molecule has 14 heteroatoms. The molecular weight excluding hydrogens is 1400 g/mol. The van der Waals surface area contributed by atoms with Gasteiger partial charge in [-0.15, -0.1) is 71.9 Å². The molecule has 12 aliphatic heterocycles. The van der Waals surface area contributed by atoms with Crippen LogP contribution in [0.4, 0.5) is 0 Å². The third-order valence-electron chi connectivity index (χ3n) is 15.5. The number of nitrogens with zero attached hydrogens (tertiary/aromatic N) is 4. The summed E-state index contributed by atoms with van der Waals surface area (Å²) in [6, 6.07) is 42.4. The van der Waals surface area contributed by atoms with Crippen LogP contribution in [0, 0.1) is 23.7 Å². The van der Waals surface area contributed by atoms with E-state index < -0.39 is 39.5 Å². The SMILES string of the molecule is CB(C)B(C)C.CC.CC.CC.CC.CC.CC.Cl.ClC1CN2CCC1CC2.Sc1ccccc1.[CH3][Sn]([CH3])[CH3].[CH3][Sn]([CH3])[CH3].c1ccc(S[C@H]2CN3CCC2CC3)cc1.c1ccc(S[C@H]2CN3CCC2CC3)cc1.c1ccc(S[C@H]2CN3CCC2CC3)cc1. The molecule has 0 aromatic heterocycles. The number of hydrogen-bond donors (Lipinski definition) is 1. The molecule has 0 N–H and O–H groups in total. The Kier molecular flexibility index (Phi) is 64.3. The number of hydrogen-bond acceptors (Lipinski definition) is 8. The molecule has 4 atom stereocenters. The fraction of sp³-hybridized carbons (Fsp3) is 0.676. The average molecular weight is 1540 g/mol. The number of piperidine rings is 12.